The van der Waals surface area contributed by atoms with E-state index in [1.807, 2.05) is 18.2 Å². The van der Waals surface area contributed by atoms with E-state index in [0.717, 1.165) is 25.0 Å². The lowest BCUT2D eigenvalue weighted by Crippen LogP contribution is -2.41. The number of carbonyl (C=O) groups is 2. The summed E-state index contributed by atoms with van der Waals surface area (Å²) in [5, 5.41) is 3.26. The van der Waals surface area contributed by atoms with Crippen LogP contribution in [0.3, 0.4) is 0 Å². The number of esters is 1. The van der Waals surface area contributed by atoms with Crippen LogP contribution in [0.1, 0.15) is 36.0 Å². The number of thioether (sulfide) groups is 1. The summed E-state index contributed by atoms with van der Waals surface area (Å²) >= 11 is 8.31. The summed E-state index contributed by atoms with van der Waals surface area (Å²) in [5.74, 6) is 0.585. The number of ether oxygens (including phenoxy) is 1. The second-order valence-electron chi connectivity index (χ2n) is 5.58. The van der Waals surface area contributed by atoms with Crippen molar-refractivity contribution in [3.05, 3.63) is 35.9 Å². The highest BCUT2D eigenvalue weighted by Gasteiger charge is 2.35. The van der Waals surface area contributed by atoms with Gasteiger partial charge in [0, 0.05) is 23.0 Å². The van der Waals surface area contributed by atoms with E-state index in [4.69, 9.17) is 11.6 Å². The van der Waals surface area contributed by atoms with Crippen molar-refractivity contribution >= 4 is 35.2 Å². The SMILES string of the molecule is COC(=O)CCCC[C@@H]1SC[C@H](NC(=O)c2ccccc2)[C@H]1Cl. The number of methoxy groups -OCH3 is 1. The number of hydrogen-bond acceptors (Lipinski definition) is 4. The molecule has 1 fully saturated rings. The molecule has 0 aliphatic carbocycles. The Morgan fingerprint density at radius 3 is 2.74 bits per heavy atom. The van der Waals surface area contributed by atoms with Crippen LogP contribution in [-0.4, -0.2) is 41.4 Å². The third-order valence-corrected chi connectivity index (χ3v) is 6.20. The summed E-state index contributed by atoms with van der Waals surface area (Å²) < 4.78 is 4.63. The van der Waals surface area contributed by atoms with Gasteiger partial charge in [0.2, 0.25) is 0 Å². The molecule has 1 aliphatic rings. The quantitative estimate of drug-likeness (QED) is 0.463. The fraction of sp³-hybridized carbons (Fsp3) is 0.529. The maximum absolute atomic E-state index is 12.2. The summed E-state index contributed by atoms with van der Waals surface area (Å²) in [6.45, 7) is 0. The minimum Gasteiger partial charge on any atom is -0.469 e. The Morgan fingerprint density at radius 2 is 2.04 bits per heavy atom. The van der Waals surface area contributed by atoms with Gasteiger partial charge in [-0.25, -0.2) is 0 Å². The zero-order valence-corrected chi connectivity index (χ0v) is 14.7. The molecule has 1 aromatic carbocycles. The van der Waals surface area contributed by atoms with Crippen molar-refractivity contribution in [1.29, 1.82) is 0 Å². The first-order valence-electron chi connectivity index (χ1n) is 7.80. The molecule has 1 aromatic rings. The van der Waals surface area contributed by atoms with Crippen LogP contribution in [0.25, 0.3) is 0 Å². The smallest absolute Gasteiger partial charge is 0.305 e. The van der Waals surface area contributed by atoms with Crippen LogP contribution in [0.2, 0.25) is 0 Å². The van der Waals surface area contributed by atoms with Gasteiger partial charge in [0.05, 0.1) is 18.5 Å². The summed E-state index contributed by atoms with van der Waals surface area (Å²) in [6.07, 6.45) is 3.16. The van der Waals surface area contributed by atoms with Gasteiger partial charge in [-0.3, -0.25) is 9.59 Å². The highest BCUT2D eigenvalue weighted by molar-refractivity contribution is 8.00. The zero-order valence-electron chi connectivity index (χ0n) is 13.2. The van der Waals surface area contributed by atoms with Gasteiger partial charge in [-0.15, -0.1) is 11.6 Å². The molecule has 23 heavy (non-hydrogen) atoms. The van der Waals surface area contributed by atoms with Crippen molar-refractivity contribution in [3.8, 4) is 0 Å². The van der Waals surface area contributed by atoms with Crippen LogP contribution >= 0.6 is 23.4 Å². The predicted octanol–water partition coefficient (Wildman–Crippen LogP) is 3.24. The molecule has 0 saturated carbocycles. The zero-order chi connectivity index (χ0) is 16.7. The van der Waals surface area contributed by atoms with Crippen LogP contribution < -0.4 is 5.32 Å². The molecule has 0 radical (unpaired) electrons. The molecule has 1 amide bonds. The normalized spacial score (nSPS) is 23.5. The lowest BCUT2D eigenvalue weighted by atomic mass is 10.1. The van der Waals surface area contributed by atoms with Crippen LogP contribution in [0, 0.1) is 0 Å². The van der Waals surface area contributed by atoms with E-state index in [9.17, 15) is 9.59 Å². The number of nitrogens with one attached hydrogen (secondary N) is 1. The Kier molecular flexibility index (Phi) is 7.24. The molecule has 2 rings (SSSR count). The number of carbonyl (C=O) groups excluding carboxylic acids is 2. The van der Waals surface area contributed by atoms with E-state index in [2.05, 4.69) is 10.1 Å². The first-order chi connectivity index (χ1) is 11.1. The van der Waals surface area contributed by atoms with E-state index < -0.39 is 0 Å². The van der Waals surface area contributed by atoms with Crippen LogP contribution in [0.15, 0.2) is 30.3 Å². The Hall–Kier alpha value is -1.20. The lowest BCUT2D eigenvalue weighted by molar-refractivity contribution is -0.140. The molecule has 1 aliphatic heterocycles. The van der Waals surface area contributed by atoms with Gasteiger partial charge in [0.25, 0.3) is 5.91 Å². The highest BCUT2D eigenvalue weighted by atomic mass is 35.5. The monoisotopic (exact) mass is 355 g/mol. The summed E-state index contributed by atoms with van der Waals surface area (Å²) in [7, 11) is 1.41. The first kappa shape index (κ1) is 18.1. The molecule has 126 valence electrons. The lowest BCUT2D eigenvalue weighted by Gasteiger charge is -2.19. The molecule has 0 aromatic heterocycles. The van der Waals surface area contributed by atoms with Gasteiger partial charge in [-0.2, -0.15) is 11.8 Å². The van der Waals surface area contributed by atoms with Crippen molar-refractivity contribution in [2.45, 2.75) is 42.4 Å². The van der Waals surface area contributed by atoms with E-state index >= 15 is 0 Å². The molecule has 1 N–H and O–H groups in total. The second-order valence-corrected chi connectivity index (χ2v) is 7.36. The largest absolute Gasteiger partial charge is 0.469 e. The average Bonchev–Trinajstić information content (AvgIpc) is 2.92. The second kappa shape index (κ2) is 9.18. The molecular weight excluding hydrogens is 334 g/mol. The molecule has 1 heterocycles. The summed E-state index contributed by atoms with van der Waals surface area (Å²) in [6, 6.07) is 9.16. The third kappa shape index (κ3) is 5.43. The van der Waals surface area contributed by atoms with Gasteiger partial charge in [-0.1, -0.05) is 24.6 Å². The van der Waals surface area contributed by atoms with Crippen molar-refractivity contribution in [3.63, 3.8) is 0 Å². The maximum Gasteiger partial charge on any atom is 0.305 e. The topological polar surface area (TPSA) is 55.4 Å². The van der Waals surface area contributed by atoms with Crippen LogP contribution in [0.5, 0.6) is 0 Å². The molecule has 4 nitrogen and oxygen atoms in total. The number of hydrogen-bond donors (Lipinski definition) is 1. The van der Waals surface area contributed by atoms with Crippen molar-refractivity contribution in [2.75, 3.05) is 12.9 Å². The number of alkyl halides is 1. The number of amides is 1. The van der Waals surface area contributed by atoms with Crippen LogP contribution in [-0.2, 0) is 9.53 Å². The first-order valence-corrected chi connectivity index (χ1v) is 9.28. The fourth-order valence-electron chi connectivity index (χ4n) is 2.59. The third-order valence-electron chi connectivity index (χ3n) is 3.93. The molecule has 6 heteroatoms. The average molecular weight is 356 g/mol. The highest BCUT2D eigenvalue weighted by Crippen LogP contribution is 2.34. The number of halogens is 1. The van der Waals surface area contributed by atoms with Crippen molar-refractivity contribution < 1.29 is 14.3 Å². The minimum absolute atomic E-state index is 0.0139. The van der Waals surface area contributed by atoms with E-state index in [1.54, 1.807) is 23.9 Å². The number of unbranched alkanes of at least 4 members (excludes halogenated alkanes) is 1. The summed E-state index contributed by atoms with van der Waals surface area (Å²) in [5.41, 5.74) is 0.655. The molecular formula is C17H22ClNO3S. The van der Waals surface area contributed by atoms with Crippen molar-refractivity contribution in [1.82, 2.24) is 5.32 Å². The standard InChI is InChI=1S/C17H22ClNO3S/c1-22-15(20)10-6-5-9-14-16(18)13(11-23-14)19-17(21)12-7-3-2-4-8-12/h2-4,7-8,13-14,16H,5-6,9-11H2,1H3,(H,19,21)/t13-,14-,16+/m0/s1. The Balaban J connectivity index is 1.74. The fourth-order valence-corrected chi connectivity index (χ4v) is 4.65. The Morgan fingerprint density at radius 1 is 1.30 bits per heavy atom. The van der Waals surface area contributed by atoms with Gasteiger partial charge >= 0.3 is 5.97 Å². The molecule has 3 atom stereocenters. The van der Waals surface area contributed by atoms with Gasteiger partial charge in [0.15, 0.2) is 0 Å². The van der Waals surface area contributed by atoms with E-state index in [0.29, 0.717) is 17.2 Å². The number of rotatable bonds is 7. The molecule has 1 saturated heterocycles. The summed E-state index contributed by atoms with van der Waals surface area (Å²) in [4.78, 5) is 23.3. The van der Waals surface area contributed by atoms with Gasteiger partial charge in [0.1, 0.15) is 0 Å². The van der Waals surface area contributed by atoms with E-state index in [-0.39, 0.29) is 23.3 Å². The maximum atomic E-state index is 12.2. The van der Waals surface area contributed by atoms with Crippen molar-refractivity contribution in [2.24, 2.45) is 0 Å². The van der Waals surface area contributed by atoms with Crippen LogP contribution in [0.4, 0.5) is 0 Å². The van der Waals surface area contributed by atoms with Gasteiger partial charge in [-0.05, 0) is 25.0 Å². The Bertz CT molecular complexity index is 526. The predicted molar refractivity (Wildman–Crippen MR) is 94.1 cm³/mol. The van der Waals surface area contributed by atoms with E-state index in [1.165, 1.54) is 7.11 Å². The number of benzene rings is 1. The molecule has 0 bridgehead atoms. The molecule has 0 unspecified atom stereocenters. The van der Waals surface area contributed by atoms with Gasteiger partial charge < -0.3 is 10.1 Å². The minimum atomic E-state index is -0.167. The Labute approximate surface area is 146 Å². The molecule has 0 spiro atoms.